The van der Waals surface area contributed by atoms with Crippen molar-refractivity contribution in [3.8, 4) is 5.75 Å². The highest BCUT2D eigenvalue weighted by Crippen LogP contribution is 2.28. The van der Waals surface area contributed by atoms with Gasteiger partial charge < -0.3 is 9.64 Å². The molecule has 0 aliphatic rings. The van der Waals surface area contributed by atoms with Crippen LogP contribution in [0.5, 0.6) is 5.75 Å². The molecule has 3 aromatic rings. The van der Waals surface area contributed by atoms with Gasteiger partial charge in [0.15, 0.2) is 0 Å². The summed E-state index contributed by atoms with van der Waals surface area (Å²) >= 11 is 0. The molecule has 7 nitrogen and oxygen atoms in total. The number of amides is 1. The lowest BCUT2D eigenvalue weighted by Crippen LogP contribution is -2.28. The van der Waals surface area contributed by atoms with Gasteiger partial charge in [-0.1, -0.05) is 30.3 Å². The van der Waals surface area contributed by atoms with Crippen molar-refractivity contribution in [1.29, 1.82) is 0 Å². The zero-order valence-electron chi connectivity index (χ0n) is 17.7. The summed E-state index contributed by atoms with van der Waals surface area (Å²) < 4.78 is 33.1. The lowest BCUT2D eigenvalue weighted by Gasteiger charge is -2.21. The van der Waals surface area contributed by atoms with Gasteiger partial charge in [0, 0.05) is 45.1 Å². The van der Waals surface area contributed by atoms with E-state index in [2.05, 4.69) is 4.98 Å². The van der Waals surface area contributed by atoms with Crippen molar-refractivity contribution >= 4 is 15.9 Å². The molecule has 0 aliphatic carbocycles. The van der Waals surface area contributed by atoms with Crippen LogP contribution in [0.3, 0.4) is 0 Å². The second-order valence-electron chi connectivity index (χ2n) is 7.13. The summed E-state index contributed by atoms with van der Waals surface area (Å²) in [5, 5.41) is 0. The first kappa shape index (κ1) is 22.5. The fraction of sp³-hybridized carbons (Fsp3) is 0.217. The van der Waals surface area contributed by atoms with Gasteiger partial charge in [-0.25, -0.2) is 8.42 Å². The SMILES string of the molecule is COc1ccc(C(=O)N(C)Cc2ccncc2)cc1S(=O)(=O)N(C)Cc1ccccc1. The zero-order valence-corrected chi connectivity index (χ0v) is 18.5. The van der Waals surface area contributed by atoms with Crippen LogP contribution in [0.15, 0.2) is 78.0 Å². The second-order valence-corrected chi connectivity index (χ2v) is 9.14. The molecule has 8 heteroatoms. The minimum absolute atomic E-state index is 0.0448. The molecule has 1 aromatic heterocycles. The number of carbonyl (C=O) groups is 1. The molecule has 1 heterocycles. The Balaban J connectivity index is 1.88. The molecule has 1 amide bonds. The Bertz CT molecular complexity index is 1140. The van der Waals surface area contributed by atoms with Crippen molar-refractivity contribution < 1.29 is 17.9 Å². The standard InChI is InChI=1S/C23H25N3O4S/c1-25(16-19-11-13-24-14-12-19)23(27)20-9-10-21(30-3)22(15-20)31(28,29)26(2)17-18-7-5-4-6-8-18/h4-15H,16-17H2,1-3H3. The number of hydrogen-bond donors (Lipinski definition) is 0. The average Bonchev–Trinajstić information content (AvgIpc) is 2.79. The van der Waals surface area contributed by atoms with Crippen LogP contribution < -0.4 is 4.74 Å². The Morgan fingerprint density at radius 1 is 0.935 bits per heavy atom. The quantitative estimate of drug-likeness (QED) is 0.539. The first-order valence-corrected chi connectivity index (χ1v) is 11.1. The van der Waals surface area contributed by atoms with Gasteiger partial charge in [-0.05, 0) is 41.5 Å². The number of pyridine rings is 1. The number of aromatic nitrogens is 1. The maximum atomic E-state index is 13.3. The predicted octanol–water partition coefficient (Wildman–Crippen LogP) is 3.18. The van der Waals surface area contributed by atoms with Gasteiger partial charge in [0.1, 0.15) is 10.6 Å². The third-order valence-corrected chi connectivity index (χ3v) is 6.69. The predicted molar refractivity (Wildman–Crippen MR) is 118 cm³/mol. The van der Waals surface area contributed by atoms with E-state index in [-0.39, 0.29) is 28.7 Å². The number of methoxy groups -OCH3 is 1. The van der Waals surface area contributed by atoms with Crippen molar-refractivity contribution in [1.82, 2.24) is 14.2 Å². The zero-order chi connectivity index (χ0) is 22.4. The van der Waals surface area contributed by atoms with Crippen LogP contribution in [-0.4, -0.2) is 49.7 Å². The highest BCUT2D eigenvalue weighted by Gasteiger charge is 2.27. The number of benzene rings is 2. The number of hydrogen-bond acceptors (Lipinski definition) is 5. The van der Waals surface area contributed by atoms with E-state index in [0.29, 0.717) is 6.54 Å². The van der Waals surface area contributed by atoms with Gasteiger partial charge in [0.25, 0.3) is 5.91 Å². The number of sulfonamides is 1. The third-order valence-electron chi connectivity index (χ3n) is 4.86. The monoisotopic (exact) mass is 439 g/mol. The van der Waals surface area contributed by atoms with Gasteiger partial charge in [-0.2, -0.15) is 4.31 Å². The smallest absolute Gasteiger partial charge is 0.253 e. The van der Waals surface area contributed by atoms with Gasteiger partial charge in [0.05, 0.1) is 7.11 Å². The van der Waals surface area contributed by atoms with Crippen molar-refractivity contribution in [3.63, 3.8) is 0 Å². The highest BCUT2D eigenvalue weighted by atomic mass is 32.2. The summed E-state index contributed by atoms with van der Waals surface area (Å²) in [7, 11) is 0.689. The van der Waals surface area contributed by atoms with Crippen molar-refractivity contribution in [2.45, 2.75) is 18.0 Å². The molecule has 0 bridgehead atoms. The minimum Gasteiger partial charge on any atom is -0.495 e. The maximum Gasteiger partial charge on any atom is 0.253 e. The minimum atomic E-state index is -3.89. The Hall–Kier alpha value is -3.23. The molecule has 31 heavy (non-hydrogen) atoms. The topological polar surface area (TPSA) is 79.8 Å². The lowest BCUT2D eigenvalue weighted by molar-refractivity contribution is 0.0784. The highest BCUT2D eigenvalue weighted by molar-refractivity contribution is 7.89. The van der Waals surface area contributed by atoms with E-state index in [1.54, 1.807) is 25.5 Å². The fourth-order valence-electron chi connectivity index (χ4n) is 3.16. The van der Waals surface area contributed by atoms with E-state index in [1.165, 1.54) is 35.5 Å². The van der Waals surface area contributed by atoms with Gasteiger partial charge in [-0.15, -0.1) is 0 Å². The largest absolute Gasteiger partial charge is 0.495 e. The first-order chi connectivity index (χ1) is 14.8. The molecular weight excluding hydrogens is 414 g/mol. The number of carbonyl (C=O) groups excluding carboxylic acids is 1. The summed E-state index contributed by atoms with van der Waals surface area (Å²) in [6.07, 6.45) is 3.32. The summed E-state index contributed by atoms with van der Waals surface area (Å²) in [5.41, 5.74) is 2.05. The van der Waals surface area contributed by atoms with Gasteiger partial charge >= 0.3 is 0 Å². The van der Waals surface area contributed by atoms with E-state index >= 15 is 0 Å². The summed E-state index contributed by atoms with van der Waals surface area (Å²) in [4.78, 5) is 18.4. The number of ether oxygens (including phenoxy) is 1. The van der Waals surface area contributed by atoms with Crippen molar-refractivity contribution in [2.24, 2.45) is 0 Å². The maximum absolute atomic E-state index is 13.3. The Morgan fingerprint density at radius 2 is 1.58 bits per heavy atom. The Kier molecular flexibility index (Phi) is 7.04. The summed E-state index contributed by atoms with van der Waals surface area (Å²) in [6.45, 7) is 0.579. The number of nitrogens with zero attached hydrogens (tertiary/aromatic N) is 3. The average molecular weight is 440 g/mol. The molecule has 0 radical (unpaired) electrons. The summed E-state index contributed by atoms with van der Waals surface area (Å²) in [5.74, 6) is -0.102. The number of rotatable bonds is 8. The first-order valence-electron chi connectivity index (χ1n) is 9.65. The molecule has 0 aliphatic heterocycles. The van der Waals surface area contributed by atoms with Crippen LogP contribution in [0.25, 0.3) is 0 Å². The van der Waals surface area contributed by atoms with Crippen LogP contribution in [0.2, 0.25) is 0 Å². The van der Waals surface area contributed by atoms with Crippen LogP contribution in [0, 0.1) is 0 Å². The molecule has 0 spiro atoms. The third kappa shape index (κ3) is 5.28. The molecule has 0 fully saturated rings. The lowest BCUT2D eigenvalue weighted by atomic mass is 10.1. The second kappa shape index (κ2) is 9.72. The molecule has 3 rings (SSSR count). The molecule has 2 aromatic carbocycles. The fourth-order valence-corrected chi connectivity index (χ4v) is 4.50. The normalized spacial score (nSPS) is 11.4. The molecular formula is C23H25N3O4S. The Morgan fingerprint density at radius 3 is 2.23 bits per heavy atom. The van der Waals surface area contributed by atoms with E-state index in [4.69, 9.17) is 4.74 Å². The molecule has 0 N–H and O–H groups in total. The molecule has 0 saturated heterocycles. The van der Waals surface area contributed by atoms with E-state index in [1.807, 2.05) is 42.5 Å². The van der Waals surface area contributed by atoms with Crippen LogP contribution >= 0.6 is 0 Å². The Labute approximate surface area is 183 Å². The van der Waals surface area contributed by atoms with Crippen molar-refractivity contribution in [2.75, 3.05) is 21.2 Å². The van der Waals surface area contributed by atoms with E-state index in [9.17, 15) is 13.2 Å². The van der Waals surface area contributed by atoms with Gasteiger partial charge in [-0.3, -0.25) is 9.78 Å². The molecule has 0 saturated carbocycles. The summed E-state index contributed by atoms with van der Waals surface area (Å²) in [6, 6.07) is 17.4. The van der Waals surface area contributed by atoms with Crippen molar-refractivity contribution in [3.05, 3.63) is 89.7 Å². The molecule has 162 valence electrons. The molecule has 0 atom stereocenters. The van der Waals surface area contributed by atoms with E-state index < -0.39 is 10.0 Å². The van der Waals surface area contributed by atoms with Crippen LogP contribution in [0.1, 0.15) is 21.5 Å². The van der Waals surface area contributed by atoms with Crippen LogP contribution in [-0.2, 0) is 23.1 Å². The van der Waals surface area contributed by atoms with Gasteiger partial charge in [0.2, 0.25) is 10.0 Å². The molecule has 0 unspecified atom stereocenters. The van der Waals surface area contributed by atoms with Crippen LogP contribution in [0.4, 0.5) is 0 Å². The van der Waals surface area contributed by atoms with E-state index in [0.717, 1.165) is 11.1 Å².